The smallest absolute Gasteiger partial charge is 0.181 e. The Hall–Kier alpha value is -1.37. The Kier molecular flexibility index (Phi) is 6.09. The van der Waals surface area contributed by atoms with E-state index in [0.29, 0.717) is 36.8 Å². The number of nitrogen functional groups attached to an aromatic ring is 1. The van der Waals surface area contributed by atoms with Crippen molar-refractivity contribution in [2.45, 2.75) is 49.3 Å². The number of alkyl halides is 1. The van der Waals surface area contributed by atoms with Gasteiger partial charge in [0.1, 0.15) is 24.7 Å². The number of imidazole rings is 1. The molecule has 11 heteroatoms. The average Bonchev–Trinajstić information content (AvgIpc) is 3.15. The van der Waals surface area contributed by atoms with E-state index in [1.54, 1.807) is 10.9 Å². The molecule has 3 unspecified atom stereocenters. The molecule has 0 amide bonds. The first-order chi connectivity index (χ1) is 13.6. The van der Waals surface area contributed by atoms with Gasteiger partial charge in [-0.15, -0.1) is 0 Å². The number of hydrogen-bond donors (Lipinski definition) is 1. The third-order valence-corrected chi connectivity index (χ3v) is 5.92. The molecule has 0 aromatic carbocycles. The number of rotatable bonds is 6. The highest BCUT2D eigenvalue weighted by Gasteiger charge is 2.42. The molecule has 2 saturated heterocycles. The Morgan fingerprint density at radius 1 is 1.29 bits per heavy atom. The van der Waals surface area contributed by atoms with Gasteiger partial charge in [-0.2, -0.15) is 0 Å². The van der Waals surface area contributed by atoms with E-state index in [0.717, 1.165) is 19.3 Å². The lowest BCUT2D eigenvalue weighted by molar-refractivity contribution is -0.265. The fraction of sp³-hybridized carbons (Fsp3) is 0.706. The SMILES string of the molecule is CC(OC1COCOC1)(C(Br)OC1CCCCO1)n1cnc2c(N)ncnc21. The highest BCUT2D eigenvalue weighted by atomic mass is 79.9. The van der Waals surface area contributed by atoms with E-state index in [4.69, 9.17) is 29.4 Å². The highest BCUT2D eigenvalue weighted by Crippen LogP contribution is 2.35. The first-order valence-electron chi connectivity index (χ1n) is 9.26. The van der Waals surface area contributed by atoms with Gasteiger partial charge in [0.25, 0.3) is 0 Å². The number of anilines is 1. The molecule has 0 saturated carbocycles. The number of nitrogens with two attached hydrogens (primary N) is 1. The molecule has 2 aromatic rings. The van der Waals surface area contributed by atoms with Crippen molar-refractivity contribution in [1.82, 2.24) is 19.5 Å². The maximum atomic E-state index is 6.42. The highest BCUT2D eigenvalue weighted by molar-refractivity contribution is 9.09. The van der Waals surface area contributed by atoms with Gasteiger partial charge in [0.2, 0.25) is 0 Å². The molecule has 28 heavy (non-hydrogen) atoms. The van der Waals surface area contributed by atoms with Crippen LogP contribution in [0.1, 0.15) is 26.2 Å². The van der Waals surface area contributed by atoms with Gasteiger partial charge in [0.15, 0.2) is 28.5 Å². The number of ether oxygens (including phenoxy) is 5. The summed E-state index contributed by atoms with van der Waals surface area (Å²) in [7, 11) is 0. The maximum absolute atomic E-state index is 6.42. The summed E-state index contributed by atoms with van der Waals surface area (Å²) in [5.41, 5.74) is 5.98. The molecular weight excluding hydrogens is 434 g/mol. The van der Waals surface area contributed by atoms with E-state index in [1.807, 2.05) is 6.92 Å². The van der Waals surface area contributed by atoms with Crippen LogP contribution < -0.4 is 5.73 Å². The lowest BCUT2D eigenvalue weighted by atomic mass is 10.2. The molecule has 3 atom stereocenters. The van der Waals surface area contributed by atoms with Gasteiger partial charge in [0.05, 0.1) is 19.5 Å². The molecule has 2 fully saturated rings. The van der Waals surface area contributed by atoms with Crippen LogP contribution in [-0.4, -0.2) is 63.5 Å². The zero-order valence-electron chi connectivity index (χ0n) is 15.6. The molecule has 4 heterocycles. The van der Waals surface area contributed by atoms with Gasteiger partial charge in [-0.1, -0.05) is 15.9 Å². The molecule has 154 valence electrons. The molecule has 2 aromatic heterocycles. The van der Waals surface area contributed by atoms with Crippen molar-refractivity contribution in [3.63, 3.8) is 0 Å². The number of aromatic nitrogens is 4. The predicted octanol–water partition coefficient (Wildman–Crippen LogP) is 1.73. The number of halogens is 1. The quantitative estimate of drug-likeness (QED) is 0.646. The summed E-state index contributed by atoms with van der Waals surface area (Å²) in [5.74, 6) is 0.304. The molecule has 0 bridgehead atoms. The van der Waals surface area contributed by atoms with E-state index < -0.39 is 10.7 Å². The molecule has 0 aliphatic carbocycles. The minimum absolute atomic E-state index is 0.262. The minimum Gasteiger partial charge on any atom is -0.382 e. The number of hydrogen-bond acceptors (Lipinski definition) is 9. The Morgan fingerprint density at radius 3 is 2.86 bits per heavy atom. The van der Waals surface area contributed by atoms with Crippen molar-refractivity contribution in [3.8, 4) is 0 Å². The molecule has 0 radical (unpaired) electrons. The zero-order valence-corrected chi connectivity index (χ0v) is 17.2. The van der Waals surface area contributed by atoms with Crippen LogP contribution in [0.5, 0.6) is 0 Å². The summed E-state index contributed by atoms with van der Waals surface area (Å²) >= 11 is 3.66. The summed E-state index contributed by atoms with van der Waals surface area (Å²) in [6.07, 6.45) is 5.36. The fourth-order valence-electron chi connectivity index (χ4n) is 3.35. The van der Waals surface area contributed by atoms with Crippen LogP contribution in [0.3, 0.4) is 0 Å². The fourth-order valence-corrected chi connectivity index (χ4v) is 3.92. The van der Waals surface area contributed by atoms with Gasteiger partial charge in [-0.05, 0) is 26.2 Å². The number of fused-ring (bicyclic) bond motifs is 1. The van der Waals surface area contributed by atoms with Crippen molar-refractivity contribution < 1.29 is 23.7 Å². The van der Waals surface area contributed by atoms with Crippen molar-refractivity contribution in [2.24, 2.45) is 0 Å². The van der Waals surface area contributed by atoms with Crippen molar-refractivity contribution in [2.75, 3.05) is 32.3 Å². The molecule has 2 aliphatic heterocycles. The van der Waals surface area contributed by atoms with E-state index >= 15 is 0 Å². The zero-order chi connectivity index (χ0) is 19.6. The van der Waals surface area contributed by atoms with Crippen LogP contribution in [0, 0.1) is 0 Å². The normalized spacial score (nSPS) is 24.9. The van der Waals surface area contributed by atoms with Gasteiger partial charge < -0.3 is 29.4 Å². The van der Waals surface area contributed by atoms with E-state index in [2.05, 4.69) is 30.9 Å². The largest absolute Gasteiger partial charge is 0.382 e. The molecular formula is C17H24BrN5O5. The Morgan fingerprint density at radius 2 is 2.11 bits per heavy atom. The average molecular weight is 458 g/mol. The van der Waals surface area contributed by atoms with Crippen LogP contribution in [0.4, 0.5) is 5.82 Å². The number of nitrogens with zero attached hydrogens (tertiary/aromatic N) is 4. The van der Waals surface area contributed by atoms with E-state index in [9.17, 15) is 0 Å². The topological polar surface area (TPSA) is 116 Å². The first kappa shape index (κ1) is 19.9. The molecule has 0 spiro atoms. The maximum Gasteiger partial charge on any atom is 0.181 e. The van der Waals surface area contributed by atoms with Crippen LogP contribution in [0.15, 0.2) is 12.7 Å². The summed E-state index contributed by atoms with van der Waals surface area (Å²) < 4.78 is 30.9. The Bertz CT molecular complexity index is 795. The van der Waals surface area contributed by atoms with Crippen molar-refractivity contribution >= 4 is 32.9 Å². The second-order valence-corrected chi connectivity index (χ2v) is 7.78. The van der Waals surface area contributed by atoms with Gasteiger partial charge in [-0.3, -0.25) is 4.57 Å². The lowest BCUT2D eigenvalue weighted by Gasteiger charge is -2.40. The molecule has 10 nitrogen and oxygen atoms in total. The van der Waals surface area contributed by atoms with Crippen LogP contribution in [0.2, 0.25) is 0 Å². The summed E-state index contributed by atoms with van der Waals surface area (Å²) in [5, 5.41) is -0.557. The predicted molar refractivity (Wildman–Crippen MR) is 102 cm³/mol. The lowest BCUT2D eigenvalue weighted by Crippen LogP contribution is -2.49. The van der Waals surface area contributed by atoms with Crippen LogP contribution in [0.25, 0.3) is 11.2 Å². The van der Waals surface area contributed by atoms with Gasteiger partial charge in [-0.25, -0.2) is 15.0 Å². The molecule has 2 aliphatic rings. The van der Waals surface area contributed by atoms with Crippen molar-refractivity contribution in [1.29, 1.82) is 0 Å². The summed E-state index contributed by atoms with van der Waals surface area (Å²) in [4.78, 5) is 12.7. The van der Waals surface area contributed by atoms with Crippen molar-refractivity contribution in [3.05, 3.63) is 12.7 Å². The Labute approximate surface area is 170 Å². The second-order valence-electron chi connectivity index (χ2n) is 6.95. The molecule has 2 N–H and O–H groups in total. The van der Waals surface area contributed by atoms with E-state index in [-0.39, 0.29) is 19.2 Å². The van der Waals surface area contributed by atoms with Crippen LogP contribution >= 0.6 is 15.9 Å². The summed E-state index contributed by atoms with van der Waals surface area (Å²) in [6, 6.07) is 0. The monoisotopic (exact) mass is 457 g/mol. The standard InChI is InChI=1S/C17H24BrN5O5/c1-17(28-11-6-24-10-25-7-11,16(18)27-12-4-2-3-5-26-12)23-9-22-13-14(19)20-8-21-15(13)23/h8-9,11-12,16H,2-7,10H2,1H3,(H2,19,20,21). The van der Waals surface area contributed by atoms with Gasteiger partial charge >= 0.3 is 0 Å². The van der Waals surface area contributed by atoms with Crippen LogP contribution in [-0.2, 0) is 29.4 Å². The van der Waals surface area contributed by atoms with Gasteiger partial charge in [0, 0.05) is 6.61 Å². The summed E-state index contributed by atoms with van der Waals surface area (Å²) in [6.45, 7) is 3.67. The first-order valence-corrected chi connectivity index (χ1v) is 10.2. The second kappa shape index (κ2) is 8.56. The third kappa shape index (κ3) is 4.00. The third-order valence-electron chi connectivity index (χ3n) is 4.85. The minimum atomic E-state index is -1.02. The molecule has 4 rings (SSSR count). The Balaban J connectivity index is 1.66. The van der Waals surface area contributed by atoms with E-state index in [1.165, 1.54) is 6.33 Å².